The van der Waals surface area contributed by atoms with Crippen molar-refractivity contribution in [1.29, 1.82) is 0 Å². The number of rotatable bonds is 8. The fourth-order valence-electron chi connectivity index (χ4n) is 2.65. The van der Waals surface area contributed by atoms with Crippen molar-refractivity contribution in [3.63, 3.8) is 0 Å². The van der Waals surface area contributed by atoms with Crippen LogP contribution in [0.25, 0.3) is 0 Å². The van der Waals surface area contributed by atoms with Crippen molar-refractivity contribution in [2.24, 2.45) is 0 Å². The van der Waals surface area contributed by atoms with E-state index in [-0.39, 0.29) is 17.0 Å². The van der Waals surface area contributed by atoms with Crippen LogP contribution in [0, 0.1) is 13.8 Å². The molecule has 0 bridgehead atoms. The van der Waals surface area contributed by atoms with E-state index in [1.165, 1.54) is 0 Å². The Hall–Kier alpha value is -0.870. The second-order valence-electron chi connectivity index (χ2n) is 6.20. The zero-order chi connectivity index (χ0) is 16.0. The first-order valence-electron chi connectivity index (χ1n) is 7.76. The predicted octanol–water partition coefficient (Wildman–Crippen LogP) is 3.38. The molecule has 4 heteroatoms. The van der Waals surface area contributed by atoms with Crippen molar-refractivity contribution in [3.8, 4) is 0 Å². The van der Waals surface area contributed by atoms with Crippen LogP contribution in [-0.2, 0) is 15.6 Å². The molecule has 0 aliphatic heterocycles. The first-order valence-corrected chi connectivity index (χ1v) is 9.48. The number of aryl methyl sites for hydroxylation is 2. The summed E-state index contributed by atoms with van der Waals surface area (Å²) in [5.41, 5.74) is 3.13. The van der Waals surface area contributed by atoms with Gasteiger partial charge in [-0.1, -0.05) is 36.2 Å². The minimum atomic E-state index is -3.11. The lowest BCUT2D eigenvalue weighted by atomic mass is 10.1. The summed E-state index contributed by atoms with van der Waals surface area (Å²) in [6, 6.07) is 6.23. The first kappa shape index (κ1) is 18.2. The normalized spacial score (nSPS) is 14.9. The molecule has 120 valence electrons. The van der Waals surface area contributed by atoms with E-state index >= 15 is 0 Å². The predicted molar refractivity (Wildman–Crippen MR) is 90.4 cm³/mol. The lowest BCUT2D eigenvalue weighted by molar-refractivity contribution is 0.497. The maximum atomic E-state index is 12.5. The van der Waals surface area contributed by atoms with Crippen molar-refractivity contribution in [1.82, 2.24) is 5.32 Å². The minimum Gasteiger partial charge on any atom is -0.314 e. The van der Waals surface area contributed by atoms with Crippen molar-refractivity contribution in [3.05, 3.63) is 34.9 Å². The van der Waals surface area contributed by atoms with Gasteiger partial charge in [-0.2, -0.15) is 0 Å². The molecule has 3 nitrogen and oxygen atoms in total. The second kappa shape index (κ2) is 7.95. The van der Waals surface area contributed by atoms with Crippen LogP contribution in [0.15, 0.2) is 18.2 Å². The summed E-state index contributed by atoms with van der Waals surface area (Å²) in [4.78, 5) is 0. The van der Waals surface area contributed by atoms with Crippen molar-refractivity contribution in [2.45, 2.75) is 64.5 Å². The highest BCUT2D eigenvalue weighted by Gasteiger charge is 2.23. The van der Waals surface area contributed by atoms with Crippen LogP contribution in [-0.4, -0.2) is 26.3 Å². The Balaban J connectivity index is 2.71. The topological polar surface area (TPSA) is 46.2 Å². The SMILES string of the molecule is CCCNC(C)CC(C)S(=O)(=O)Cc1cc(C)cc(C)c1. The third-order valence-corrected chi connectivity index (χ3v) is 5.84. The number of sulfone groups is 1. The average molecular weight is 311 g/mol. The molecule has 0 fully saturated rings. The quantitative estimate of drug-likeness (QED) is 0.800. The fourth-order valence-corrected chi connectivity index (χ4v) is 4.14. The number of hydrogen-bond donors (Lipinski definition) is 1. The van der Waals surface area contributed by atoms with Crippen LogP contribution in [0.2, 0.25) is 0 Å². The fraction of sp³-hybridized carbons (Fsp3) is 0.647. The van der Waals surface area contributed by atoms with E-state index in [1.54, 1.807) is 0 Å². The molecule has 21 heavy (non-hydrogen) atoms. The van der Waals surface area contributed by atoms with Gasteiger partial charge >= 0.3 is 0 Å². The van der Waals surface area contributed by atoms with Crippen molar-refractivity contribution in [2.75, 3.05) is 6.54 Å². The molecule has 0 saturated heterocycles. The first-order chi connectivity index (χ1) is 9.74. The molecule has 0 aliphatic rings. The van der Waals surface area contributed by atoms with Crippen LogP contribution in [0.4, 0.5) is 0 Å². The molecule has 0 aromatic heterocycles. The second-order valence-corrected chi connectivity index (χ2v) is 8.62. The monoisotopic (exact) mass is 311 g/mol. The Labute approximate surface area is 130 Å². The van der Waals surface area contributed by atoms with Gasteiger partial charge in [0.1, 0.15) is 0 Å². The Bertz CT molecular complexity index is 532. The minimum absolute atomic E-state index is 0.136. The van der Waals surface area contributed by atoms with Gasteiger partial charge in [-0.15, -0.1) is 0 Å². The largest absolute Gasteiger partial charge is 0.314 e. The van der Waals surface area contributed by atoms with E-state index in [1.807, 2.05) is 32.9 Å². The smallest absolute Gasteiger partial charge is 0.157 e. The van der Waals surface area contributed by atoms with E-state index in [2.05, 4.69) is 25.2 Å². The standard InChI is InChI=1S/C17H29NO2S/c1-6-7-18-15(4)11-16(5)21(19,20)12-17-9-13(2)8-14(3)10-17/h8-10,15-16,18H,6-7,11-12H2,1-5H3. The molecule has 0 amide bonds. The van der Waals surface area contributed by atoms with Gasteiger partial charge in [-0.25, -0.2) is 8.42 Å². The number of benzene rings is 1. The molecule has 2 unspecified atom stereocenters. The molecule has 2 atom stereocenters. The maximum absolute atomic E-state index is 12.5. The Kier molecular flexibility index (Phi) is 6.88. The van der Waals surface area contributed by atoms with Gasteiger partial charge in [0.15, 0.2) is 9.84 Å². The summed E-state index contributed by atoms with van der Waals surface area (Å²) < 4.78 is 25.0. The van der Waals surface area contributed by atoms with Crippen LogP contribution in [0.1, 0.15) is 50.3 Å². The van der Waals surface area contributed by atoms with Gasteiger partial charge in [0.2, 0.25) is 0 Å². The summed E-state index contributed by atoms with van der Waals surface area (Å²) in [5, 5.41) is 3.03. The highest BCUT2D eigenvalue weighted by molar-refractivity contribution is 7.91. The highest BCUT2D eigenvalue weighted by Crippen LogP contribution is 2.17. The average Bonchev–Trinajstić information content (AvgIpc) is 2.34. The zero-order valence-electron chi connectivity index (χ0n) is 13.9. The summed E-state index contributed by atoms with van der Waals surface area (Å²) in [6.07, 6.45) is 1.72. The highest BCUT2D eigenvalue weighted by atomic mass is 32.2. The Morgan fingerprint density at radius 2 is 1.67 bits per heavy atom. The summed E-state index contributed by atoms with van der Waals surface area (Å²) >= 11 is 0. The van der Waals surface area contributed by atoms with E-state index in [4.69, 9.17) is 0 Å². The van der Waals surface area contributed by atoms with Gasteiger partial charge in [0, 0.05) is 6.04 Å². The third-order valence-electron chi connectivity index (χ3n) is 3.69. The van der Waals surface area contributed by atoms with Crippen LogP contribution < -0.4 is 5.32 Å². The maximum Gasteiger partial charge on any atom is 0.157 e. The molecular weight excluding hydrogens is 282 g/mol. The van der Waals surface area contributed by atoms with Crippen LogP contribution in [0.3, 0.4) is 0 Å². The molecule has 0 spiro atoms. The van der Waals surface area contributed by atoms with Crippen LogP contribution in [0.5, 0.6) is 0 Å². The summed E-state index contributed by atoms with van der Waals surface area (Å²) in [7, 11) is -3.11. The van der Waals surface area contributed by atoms with Gasteiger partial charge in [-0.05, 0) is 52.6 Å². The van der Waals surface area contributed by atoms with Crippen LogP contribution >= 0.6 is 0 Å². The van der Waals surface area contributed by atoms with Gasteiger partial charge in [0.25, 0.3) is 0 Å². The van der Waals surface area contributed by atoms with E-state index in [0.717, 1.165) is 29.7 Å². The lowest BCUT2D eigenvalue weighted by Gasteiger charge is -2.19. The summed E-state index contributed by atoms with van der Waals surface area (Å²) in [6.45, 7) is 10.9. The molecule has 1 aromatic carbocycles. The molecule has 0 saturated carbocycles. The van der Waals surface area contributed by atoms with E-state index < -0.39 is 9.84 Å². The number of hydrogen-bond acceptors (Lipinski definition) is 3. The molecule has 1 rings (SSSR count). The van der Waals surface area contributed by atoms with Gasteiger partial charge in [-0.3, -0.25) is 0 Å². The lowest BCUT2D eigenvalue weighted by Crippen LogP contribution is -2.33. The zero-order valence-corrected chi connectivity index (χ0v) is 14.8. The Morgan fingerprint density at radius 1 is 1.10 bits per heavy atom. The van der Waals surface area contributed by atoms with E-state index in [0.29, 0.717) is 6.42 Å². The van der Waals surface area contributed by atoms with Crippen molar-refractivity contribution >= 4 is 9.84 Å². The van der Waals surface area contributed by atoms with Crippen molar-refractivity contribution < 1.29 is 8.42 Å². The van der Waals surface area contributed by atoms with E-state index in [9.17, 15) is 8.42 Å². The summed E-state index contributed by atoms with van der Waals surface area (Å²) in [5.74, 6) is 0.136. The number of nitrogens with one attached hydrogen (secondary N) is 1. The third kappa shape index (κ3) is 6.18. The molecule has 0 radical (unpaired) electrons. The van der Waals surface area contributed by atoms with Gasteiger partial charge < -0.3 is 5.32 Å². The molecule has 0 aliphatic carbocycles. The molecule has 0 heterocycles. The molecule has 1 aromatic rings. The molecule has 1 N–H and O–H groups in total. The molecular formula is C17H29NO2S. The van der Waals surface area contributed by atoms with Gasteiger partial charge in [0.05, 0.1) is 11.0 Å². The Morgan fingerprint density at radius 3 is 2.19 bits per heavy atom.